The van der Waals surface area contributed by atoms with Crippen molar-refractivity contribution < 1.29 is 5.11 Å². The van der Waals surface area contributed by atoms with Gasteiger partial charge in [-0.05, 0) is 116 Å². The van der Waals surface area contributed by atoms with Gasteiger partial charge in [-0.15, -0.1) is 0 Å². The minimum Gasteiger partial charge on any atom is -0.508 e. The molecule has 0 saturated carbocycles. The Bertz CT molecular complexity index is 1760. The van der Waals surface area contributed by atoms with Crippen LogP contribution in [0.15, 0.2) is 109 Å². The molecular weight excluding hydrogens is 448 g/mol. The highest BCUT2D eigenvalue weighted by molar-refractivity contribution is 6.11. The number of aryl methyl sites for hydroxylation is 1. The zero-order valence-electron chi connectivity index (χ0n) is 21.5. The molecule has 1 heteroatoms. The zero-order valence-corrected chi connectivity index (χ0v) is 21.5. The molecule has 6 rings (SSSR count). The number of hydrogen-bond donors (Lipinski definition) is 1. The van der Waals surface area contributed by atoms with Crippen LogP contribution in [-0.4, -0.2) is 5.11 Å². The average Bonchev–Trinajstić information content (AvgIpc) is 2.94. The van der Waals surface area contributed by atoms with Crippen molar-refractivity contribution in [3.8, 4) is 39.1 Å². The van der Waals surface area contributed by atoms with E-state index in [-0.39, 0.29) is 5.75 Å². The zero-order chi connectivity index (χ0) is 25.5. The first-order chi connectivity index (χ1) is 18.0. The maximum atomic E-state index is 9.90. The van der Waals surface area contributed by atoms with Crippen LogP contribution in [0.2, 0.25) is 0 Å². The predicted octanol–water partition coefficient (Wildman–Crippen LogP) is 9.88. The summed E-state index contributed by atoms with van der Waals surface area (Å²) in [7, 11) is 0. The molecule has 0 heterocycles. The van der Waals surface area contributed by atoms with Crippen LogP contribution in [0.25, 0.3) is 54.9 Å². The van der Waals surface area contributed by atoms with Crippen LogP contribution >= 0.6 is 0 Å². The van der Waals surface area contributed by atoms with Crippen LogP contribution in [0.3, 0.4) is 0 Å². The fourth-order valence-corrected chi connectivity index (χ4v) is 5.71. The van der Waals surface area contributed by atoms with Gasteiger partial charge in [0.15, 0.2) is 0 Å². The maximum Gasteiger partial charge on any atom is 0.115 e. The number of fused-ring (bicyclic) bond motifs is 2. The molecule has 0 amide bonds. The first kappa shape index (κ1) is 23.1. The monoisotopic (exact) mass is 478 g/mol. The summed E-state index contributed by atoms with van der Waals surface area (Å²) in [5.74, 6) is 0.283. The van der Waals surface area contributed by atoms with E-state index < -0.39 is 0 Å². The van der Waals surface area contributed by atoms with Gasteiger partial charge in [0.1, 0.15) is 5.75 Å². The Morgan fingerprint density at radius 2 is 0.973 bits per heavy atom. The summed E-state index contributed by atoms with van der Waals surface area (Å²) in [6.07, 6.45) is 1.04. The lowest BCUT2D eigenvalue weighted by atomic mass is 9.82. The van der Waals surface area contributed by atoms with E-state index in [9.17, 15) is 5.11 Å². The molecule has 1 N–H and O–H groups in total. The molecule has 37 heavy (non-hydrogen) atoms. The van der Waals surface area contributed by atoms with Gasteiger partial charge in [0.05, 0.1) is 0 Å². The molecule has 1 nitrogen and oxygen atoms in total. The Hall–Kier alpha value is -4.36. The van der Waals surface area contributed by atoms with Crippen LogP contribution in [0.1, 0.15) is 23.6 Å². The molecule has 0 atom stereocenters. The van der Waals surface area contributed by atoms with E-state index in [1.165, 1.54) is 66.1 Å². The topological polar surface area (TPSA) is 20.2 Å². The minimum absolute atomic E-state index is 0.283. The van der Waals surface area contributed by atoms with Crippen molar-refractivity contribution in [2.75, 3.05) is 0 Å². The number of benzene rings is 6. The molecule has 180 valence electrons. The lowest BCUT2D eigenvalue weighted by Gasteiger charge is -2.22. The number of rotatable bonds is 4. The molecule has 0 aliphatic carbocycles. The van der Waals surface area contributed by atoms with Gasteiger partial charge in [-0.2, -0.15) is 0 Å². The lowest BCUT2D eigenvalue weighted by Crippen LogP contribution is -1.97. The average molecular weight is 479 g/mol. The van der Waals surface area contributed by atoms with Crippen LogP contribution in [0, 0.1) is 13.8 Å². The smallest absolute Gasteiger partial charge is 0.115 e. The predicted molar refractivity (Wildman–Crippen MR) is 158 cm³/mol. The highest BCUT2D eigenvalue weighted by Crippen LogP contribution is 2.45. The SMILES string of the molecule is CCc1ccc(-c2cc3ccccc3c(-c3c(C)c(-c4ccc(O)cc4)cc4ccccc34)c2C)cc1. The number of phenols is 1. The van der Waals surface area contributed by atoms with E-state index in [0.717, 1.165) is 12.0 Å². The minimum atomic E-state index is 0.283. The fourth-order valence-electron chi connectivity index (χ4n) is 5.71. The van der Waals surface area contributed by atoms with E-state index in [4.69, 9.17) is 0 Å². The second kappa shape index (κ2) is 9.26. The molecule has 0 spiro atoms. The third-order valence-corrected chi connectivity index (χ3v) is 7.72. The van der Waals surface area contributed by atoms with Gasteiger partial charge in [-0.3, -0.25) is 0 Å². The van der Waals surface area contributed by atoms with Gasteiger partial charge in [-0.1, -0.05) is 91.9 Å². The molecule has 0 fully saturated rings. The van der Waals surface area contributed by atoms with Crippen molar-refractivity contribution in [3.05, 3.63) is 126 Å². The molecule has 0 aromatic heterocycles. The standard InChI is InChI=1S/C36H30O/c1-4-25-13-15-26(16-14-25)33-21-28-9-5-7-11-31(28)35(23(33)2)36-24(3)34(27-17-19-30(37)20-18-27)22-29-10-6-8-12-32(29)36/h5-22,37H,4H2,1-3H3. The third kappa shape index (κ3) is 3.97. The van der Waals surface area contributed by atoms with Crippen LogP contribution in [-0.2, 0) is 6.42 Å². The lowest BCUT2D eigenvalue weighted by molar-refractivity contribution is 0.475. The summed E-state index contributed by atoms with van der Waals surface area (Å²) in [5, 5.41) is 14.9. The van der Waals surface area contributed by atoms with Crippen molar-refractivity contribution in [1.82, 2.24) is 0 Å². The highest BCUT2D eigenvalue weighted by Gasteiger charge is 2.19. The Labute approximate surface area is 218 Å². The number of hydrogen-bond acceptors (Lipinski definition) is 1. The Morgan fingerprint density at radius 1 is 0.541 bits per heavy atom. The number of aromatic hydroxyl groups is 1. The summed E-state index contributed by atoms with van der Waals surface area (Å²) in [5.41, 5.74) is 11.3. The molecule has 0 aliphatic heterocycles. The van der Waals surface area contributed by atoms with E-state index in [1.807, 2.05) is 12.1 Å². The first-order valence-corrected chi connectivity index (χ1v) is 13.0. The van der Waals surface area contributed by atoms with Crippen molar-refractivity contribution in [2.45, 2.75) is 27.2 Å². The van der Waals surface area contributed by atoms with Crippen molar-refractivity contribution in [3.63, 3.8) is 0 Å². The summed E-state index contributed by atoms with van der Waals surface area (Å²) < 4.78 is 0. The van der Waals surface area contributed by atoms with Crippen molar-refractivity contribution in [1.29, 1.82) is 0 Å². The first-order valence-electron chi connectivity index (χ1n) is 13.0. The third-order valence-electron chi connectivity index (χ3n) is 7.72. The van der Waals surface area contributed by atoms with Gasteiger partial charge in [0.25, 0.3) is 0 Å². The molecule has 0 saturated heterocycles. The van der Waals surface area contributed by atoms with E-state index >= 15 is 0 Å². The van der Waals surface area contributed by atoms with Gasteiger partial charge in [0, 0.05) is 0 Å². The quantitative estimate of drug-likeness (QED) is 0.267. The molecular formula is C36H30O. The highest BCUT2D eigenvalue weighted by atomic mass is 16.3. The van der Waals surface area contributed by atoms with Gasteiger partial charge < -0.3 is 5.11 Å². The summed E-state index contributed by atoms with van der Waals surface area (Å²) in [4.78, 5) is 0. The molecule has 6 aromatic rings. The number of phenolic OH excluding ortho intramolecular Hbond substituents is 1. The second-order valence-corrected chi connectivity index (χ2v) is 9.89. The summed E-state index contributed by atoms with van der Waals surface area (Å²) >= 11 is 0. The van der Waals surface area contributed by atoms with Crippen molar-refractivity contribution >= 4 is 21.5 Å². The Balaban J connectivity index is 1.72. The summed E-state index contributed by atoms with van der Waals surface area (Å²) in [6.45, 7) is 6.70. The second-order valence-electron chi connectivity index (χ2n) is 9.89. The van der Waals surface area contributed by atoms with Gasteiger partial charge in [-0.25, -0.2) is 0 Å². The molecule has 0 unspecified atom stereocenters. The van der Waals surface area contributed by atoms with Crippen LogP contribution in [0.4, 0.5) is 0 Å². The van der Waals surface area contributed by atoms with E-state index in [2.05, 4.69) is 106 Å². The molecule has 0 aliphatic rings. The Kier molecular flexibility index (Phi) is 5.77. The maximum absolute atomic E-state index is 9.90. The van der Waals surface area contributed by atoms with Crippen molar-refractivity contribution in [2.24, 2.45) is 0 Å². The largest absolute Gasteiger partial charge is 0.508 e. The molecule has 0 radical (unpaired) electrons. The summed E-state index contributed by atoms with van der Waals surface area (Å²) in [6, 6.07) is 38.6. The Morgan fingerprint density at radius 3 is 1.43 bits per heavy atom. The van der Waals surface area contributed by atoms with Crippen LogP contribution < -0.4 is 0 Å². The molecule has 6 aromatic carbocycles. The van der Waals surface area contributed by atoms with E-state index in [0.29, 0.717) is 0 Å². The molecule has 0 bridgehead atoms. The van der Waals surface area contributed by atoms with E-state index in [1.54, 1.807) is 12.1 Å². The van der Waals surface area contributed by atoms with Gasteiger partial charge in [0.2, 0.25) is 0 Å². The fraction of sp³-hybridized carbons (Fsp3) is 0.111. The normalized spacial score (nSPS) is 11.3. The van der Waals surface area contributed by atoms with Gasteiger partial charge >= 0.3 is 0 Å². The van der Waals surface area contributed by atoms with Crippen LogP contribution in [0.5, 0.6) is 5.75 Å².